The first-order valence-corrected chi connectivity index (χ1v) is 10.1. The average Bonchev–Trinajstić information content (AvgIpc) is 3.28. The molecule has 1 aliphatic heterocycles. The van der Waals surface area contributed by atoms with E-state index >= 15 is 0 Å². The highest BCUT2D eigenvalue weighted by atomic mass is 19.3. The first kappa shape index (κ1) is 21.6. The minimum atomic E-state index is -3.69. The first-order valence-electron chi connectivity index (χ1n) is 10.1. The van der Waals surface area contributed by atoms with Gasteiger partial charge in [0, 0.05) is 18.4 Å². The van der Waals surface area contributed by atoms with Crippen LogP contribution in [-0.2, 0) is 24.1 Å². The third kappa shape index (κ3) is 4.66. The van der Waals surface area contributed by atoms with Crippen molar-refractivity contribution in [3.05, 3.63) is 59.0 Å². The standard InChI is InChI=1S/C23H21F2NO6/c1-3-17-16(8-9-29-19-10-14(11-21(27)28)5-4-13(19)2)26-22(30-17)15-6-7-18-20(12-15)32-23(24,25)31-18/h4-7,10,12H,3,8-9,11H2,1-2H3,(H,27,28). The van der Waals surface area contributed by atoms with E-state index < -0.39 is 12.3 Å². The molecule has 2 heterocycles. The highest BCUT2D eigenvalue weighted by Crippen LogP contribution is 2.43. The Morgan fingerprint density at radius 1 is 1.16 bits per heavy atom. The molecule has 0 radical (unpaired) electrons. The predicted molar refractivity (Wildman–Crippen MR) is 109 cm³/mol. The Hall–Kier alpha value is -3.62. The Balaban J connectivity index is 1.47. The number of benzene rings is 2. The average molecular weight is 445 g/mol. The van der Waals surface area contributed by atoms with Crippen LogP contribution in [0, 0.1) is 6.92 Å². The van der Waals surface area contributed by atoms with Crippen molar-refractivity contribution in [2.75, 3.05) is 6.61 Å². The van der Waals surface area contributed by atoms with E-state index in [1.54, 1.807) is 18.2 Å². The van der Waals surface area contributed by atoms with Gasteiger partial charge in [0.25, 0.3) is 0 Å². The number of oxazole rings is 1. The van der Waals surface area contributed by atoms with Gasteiger partial charge in [-0.25, -0.2) is 4.98 Å². The van der Waals surface area contributed by atoms with Crippen LogP contribution >= 0.6 is 0 Å². The van der Waals surface area contributed by atoms with Gasteiger partial charge in [-0.05, 0) is 42.3 Å². The zero-order chi connectivity index (χ0) is 22.9. The molecule has 7 nitrogen and oxygen atoms in total. The minimum absolute atomic E-state index is 0.0462. The summed E-state index contributed by atoms with van der Waals surface area (Å²) >= 11 is 0. The van der Waals surface area contributed by atoms with Gasteiger partial charge in [-0.3, -0.25) is 4.79 Å². The molecule has 0 fully saturated rings. The van der Waals surface area contributed by atoms with Gasteiger partial charge < -0.3 is 23.7 Å². The maximum atomic E-state index is 13.3. The molecule has 1 aliphatic rings. The van der Waals surface area contributed by atoms with E-state index in [1.165, 1.54) is 12.1 Å². The van der Waals surface area contributed by atoms with Crippen LogP contribution in [0.5, 0.6) is 17.2 Å². The van der Waals surface area contributed by atoms with Crippen molar-refractivity contribution in [1.82, 2.24) is 4.98 Å². The van der Waals surface area contributed by atoms with Crippen molar-refractivity contribution >= 4 is 5.97 Å². The summed E-state index contributed by atoms with van der Waals surface area (Å²) in [4.78, 5) is 15.5. The second kappa shape index (κ2) is 8.49. The van der Waals surface area contributed by atoms with E-state index in [-0.39, 0.29) is 23.8 Å². The lowest BCUT2D eigenvalue weighted by Crippen LogP contribution is -2.25. The lowest BCUT2D eigenvalue weighted by atomic mass is 10.1. The lowest BCUT2D eigenvalue weighted by Gasteiger charge is -2.10. The zero-order valence-corrected chi connectivity index (χ0v) is 17.5. The van der Waals surface area contributed by atoms with Crippen molar-refractivity contribution in [2.24, 2.45) is 0 Å². The second-order valence-electron chi connectivity index (χ2n) is 7.34. The summed E-state index contributed by atoms with van der Waals surface area (Å²) < 4.78 is 47.1. The largest absolute Gasteiger partial charge is 0.586 e. The molecule has 1 aromatic heterocycles. The van der Waals surface area contributed by atoms with Gasteiger partial charge in [0.1, 0.15) is 11.5 Å². The van der Waals surface area contributed by atoms with Gasteiger partial charge >= 0.3 is 12.3 Å². The SMILES string of the molecule is CCc1oc(-c2ccc3c(c2)OC(F)(F)O3)nc1CCOc1cc(CC(=O)O)ccc1C. The van der Waals surface area contributed by atoms with Crippen LogP contribution in [0.3, 0.4) is 0 Å². The molecule has 32 heavy (non-hydrogen) atoms. The highest BCUT2D eigenvalue weighted by molar-refractivity contribution is 5.70. The van der Waals surface area contributed by atoms with E-state index in [9.17, 15) is 13.6 Å². The van der Waals surface area contributed by atoms with Crippen LogP contribution in [0.2, 0.25) is 0 Å². The van der Waals surface area contributed by atoms with Crippen LogP contribution < -0.4 is 14.2 Å². The van der Waals surface area contributed by atoms with Crippen LogP contribution in [0.15, 0.2) is 40.8 Å². The first-order chi connectivity index (χ1) is 15.2. The Labute approximate surface area is 182 Å². The molecule has 0 spiro atoms. The molecule has 1 N–H and O–H groups in total. The maximum Gasteiger partial charge on any atom is 0.586 e. The summed E-state index contributed by atoms with van der Waals surface area (Å²) in [5.74, 6) is 0.540. The van der Waals surface area contributed by atoms with E-state index in [2.05, 4.69) is 14.5 Å². The summed E-state index contributed by atoms with van der Waals surface area (Å²) in [6, 6.07) is 9.67. The molecule has 0 atom stereocenters. The number of nitrogens with zero attached hydrogens (tertiary/aromatic N) is 1. The maximum absolute atomic E-state index is 13.3. The fraction of sp³-hybridized carbons (Fsp3) is 0.304. The molecule has 0 aliphatic carbocycles. The number of aliphatic carboxylic acids is 1. The Morgan fingerprint density at radius 2 is 1.94 bits per heavy atom. The van der Waals surface area contributed by atoms with E-state index in [0.29, 0.717) is 47.8 Å². The molecule has 0 saturated carbocycles. The number of hydrogen-bond donors (Lipinski definition) is 1. The number of hydrogen-bond acceptors (Lipinski definition) is 6. The lowest BCUT2D eigenvalue weighted by molar-refractivity contribution is -0.286. The number of halogens is 2. The molecular weight excluding hydrogens is 424 g/mol. The topological polar surface area (TPSA) is 91.0 Å². The van der Waals surface area contributed by atoms with Crippen molar-refractivity contribution in [1.29, 1.82) is 0 Å². The number of carbonyl (C=O) groups is 1. The number of aryl methyl sites for hydroxylation is 2. The van der Waals surface area contributed by atoms with Gasteiger partial charge in [0.15, 0.2) is 11.5 Å². The van der Waals surface area contributed by atoms with E-state index in [0.717, 1.165) is 5.56 Å². The summed E-state index contributed by atoms with van der Waals surface area (Å²) in [7, 11) is 0. The van der Waals surface area contributed by atoms with Crippen molar-refractivity contribution in [3.8, 4) is 28.7 Å². The number of alkyl halides is 2. The summed E-state index contributed by atoms with van der Waals surface area (Å²) in [6.45, 7) is 4.12. The van der Waals surface area contributed by atoms with Crippen molar-refractivity contribution in [3.63, 3.8) is 0 Å². The van der Waals surface area contributed by atoms with Gasteiger partial charge in [0.2, 0.25) is 5.89 Å². The third-order valence-corrected chi connectivity index (χ3v) is 4.95. The highest BCUT2D eigenvalue weighted by Gasteiger charge is 2.43. The van der Waals surface area contributed by atoms with Crippen LogP contribution in [0.1, 0.15) is 29.5 Å². The number of aromatic nitrogens is 1. The molecule has 4 rings (SSSR count). The van der Waals surface area contributed by atoms with Gasteiger partial charge in [0.05, 0.1) is 18.7 Å². The number of fused-ring (bicyclic) bond motifs is 1. The number of rotatable bonds is 8. The molecule has 168 valence electrons. The number of ether oxygens (including phenoxy) is 3. The number of carboxylic acid groups (broad SMARTS) is 1. The number of carboxylic acids is 1. The summed E-state index contributed by atoms with van der Waals surface area (Å²) in [5, 5.41) is 8.97. The van der Waals surface area contributed by atoms with E-state index in [1.807, 2.05) is 19.9 Å². The molecule has 0 amide bonds. The second-order valence-corrected chi connectivity index (χ2v) is 7.34. The summed E-state index contributed by atoms with van der Waals surface area (Å²) in [5.41, 5.74) is 2.74. The molecular formula is C23H21F2NO6. The van der Waals surface area contributed by atoms with Crippen molar-refractivity contribution in [2.45, 2.75) is 39.4 Å². The fourth-order valence-electron chi connectivity index (χ4n) is 3.40. The predicted octanol–water partition coefficient (Wildman–Crippen LogP) is 4.78. The normalized spacial score (nSPS) is 13.9. The minimum Gasteiger partial charge on any atom is -0.493 e. The van der Waals surface area contributed by atoms with Crippen LogP contribution in [0.4, 0.5) is 8.78 Å². The Morgan fingerprint density at radius 3 is 2.69 bits per heavy atom. The Kier molecular flexibility index (Phi) is 5.73. The van der Waals surface area contributed by atoms with Gasteiger partial charge in [-0.2, -0.15) is 0 Å². The monoisotopic (exact) mass is 445 g/mol. The quantitative estimate of drug-likeness (QED) is 0.533. The molecule has 2 aromatic carbocycles. The summed E-state index contributed by atoms with van der Waals surface area (Å²) in [6.07, 6.45) is -2.71. The van der Waals surface area contributed by atoms with Crippen LogP contribution in [0.25, 0.3) is 11.5 Å². The van der Waals surface area contributed by atoms with Gasteiger partial charge in [-0.15, -0.1) is 8.78 Å². The zero-order valence-electron chi connectivity index (χ0n) is 17.5. The van der Waals surface area contributed by atoms with Gasteiger partial charge in [-0.1, -0.05) is 19.1 Å². The van der Waals surface area contributed by atoms with Crippen molar-refractivity contribution < 1.29 is 37.3 Å². The molecule has 9 heteroatoms. The molecule has 3 aromatic rings. The Bertz CT molecular complexity index is 1160. The third-order valence-electron chi connectivity index (χ3n) is 4.95. The molecule has 0 unspecified atom stereocenters. The smallest absolute Gasteiger partial charge is 0.493 e. The fourth-order valence-corrected chi connectivity index (χ4v) is 3.40. The van der Waals surface area contributed by atoms with Crippen LogP contribution in [-0.4, -0.2) is 29.0 Å². The molecule has 0 bridgehead atoms. The van der Waals surface area contributed by atoms with E-state index in [4.69, 9.17) is 14.3 Å². The molecule has 0 saturated heterocycles.